The van der Waals surface area contributed by atoms with Crippen molar-refractivity contribution < 1.29 is 24.0 Å². The summed E-state index contributed by atoms with van der Waals surface area (Å²) in [5.74, 6) is -1.40. The van der Waals surface area contributed by atoms with Crippen LogP contribution in [0.4, 0.5) is 5.69 Å². The number of benzene rings is 1. The summed E-state index contributed by atoms with van der Waals surface area (Å²) in [5.41, 5.74) is 0.182. The predicted molar refractivity (Wildman–Crippen MR) is 84.3 cm³/mol. The third kappa shape index (κ3) is 5.67. The average Bonchev–Trinajstić information content (AvgIpc) is 2.58. The van der Waals surface area contributed by atoms with Crippen LogP contribution in [-0.4, -0.2) is 54.4 Å². The molecule has 0 radical (unpaired) electrons. The highest BCUT2D eigenvalue weighted by Crippen LogP contribution is 2.11. The molecule has 1 N–H and O–H groups in total. The Labute approximate surface area is 138 Å². The van der Waals surface area contributed by atoms with Crippen molar-refractivity contribution in [1.82, 2.24) is 10.2 Å². The lowest BCUT2D eigenvalue weighted by Crippen LogP contribution is -2.39. The summed E-state index contributed by atoms with van der Waals surface area (Å²) in [4.78, 5) is 46.3. The number of hydrogen-bond acceptors (Lipinski definition) is 6. The van der Waals surface area contributed by atoms with Crippen LogP contribution < -0.4 is 5.32 Å². The Balaban J connectivity index is 2.49. The highest BCUT2D eigenvalue weighted by molar-refractivity contribution is 5.95. The minimum absolute atomic E-state index is 0.0999. The molecule has 0 saturated heterocycles. The molecule has 0 saturated carbocycles. The van der Waals surface area contributed by atoms with Gasteiger partial charge in [0.1, 0.15) is 6.42 Å². The monoisotopic (exact) mass is 337 g/mol. The molecule has 2 amide bonds. The second-order valence-corrected chi connectivity index (χ2v) is 4.79. The van der Waals surface area contributed by atoms with Gasteiger partial charge >= 0.3 is 5.97 Å². The van der Waals surface area contributed by atoms with Crippen molar-refractivity contribution in [2.75, 3.05) is 26.7 Å². The lowest BCUT2D eigenvalue weighted by molar-refractivity contribution is -0.384. The molecule has 9 nitrogen and oxygen atoms in total. The Bertz CT molecular complexity index is 614. The summed E-state index contributed by atoms with van der Waals surface area (Å²) in [5, 5.41) is 13.2. The zero-order chi connectivity index (χ0) is 18.1. The standard InChI is InChI=1S/C15H19N3O6/c1-3-17(13(19)10-14(20)24-2)9-8-16-15(21)11-4-6-12(7-5-11)18(22)23/h4-7H,3,8-10H2,1-2H3,(H,16,21). The van der Waals surface area contributed by atoms with Crippen LogP contribution >= 0.6 is 0 Å². The maximum Gasteiger partial charge on any atom is 0.315 e. The Morgan fingerprint density at radius 3 is 2.38 bits per heavy atom. The molecule has 0 aliphatic carbocycles. The average molecular weight is 337 g/mol. The molecule has 1 rings (SSSR count). The van der Waals surface area contributed by atoms with E-state index in [1.54, 1.807) is 6.92 Å². The molecule has 0 spiro atoms. The van der Waals surface area contributed by atoms with Gasteiger partial charge in [0.05, 0.1) is 12.0 Å². The smallest absolute Gasteiger partial charge is 0.315 e. The number of amides is 2. The number of likely N-dealkylation sites (N-methyl/N-ethyl adjacent to an activating group) is 1. The number of nitrogens with zero attached hydrogens (tertiary/aromatic N) is 2. The number of nitro groups is 1. The number of esters is 1. The van der Waals surface area contributed by atoms with Gasteiger partial charge in [-0.1, -0.05) is 0 Å². The molecular formula is C15H19N3O6. The topological polar surface area (TPSA) is 119 Å². The van der Waals surface area contributed by atoms with E-state index in [-0.39, 0.29) is 36.7 Å². The zero-order valence-electron chi connectivity index (χ0n) is 13.5. The first-order chi connectivity index (χ1) is 11.4. The van der Waals surface area contributed by atoms with E-state index >= 15 is 0 Å². The van der Waals surface area contributed by atoms with Gasteiger partial charge in [0.25, 0.3) is 11.6 Å². The molecule has 0 bridgehead atoms. The number of nitrogens with one attached hydrogen (secondary N) is 1. The van der Waals surface area contributed by atoms with E-state index in [0.717, 1.165) is 0 Å². The molecule has 1 aromatic rings. The lowest BCUT2D eigenvalue weighted by atomic mass is 10.2. The number of ether oxygens (including phenoxy) is 1. The molecule has 0 atom stereocenters. The number of methoxy groups -OCH3 is 1. The van der Waals surface area contributed by atoms with E-state index in [1.165, 1.54) is 36.3 Å². The van der Waals surface area contributed by atoms with Crippen LogP contribution in [0, 0.1) is 10.1 Å². The second-order valence-electron chi connectivity index (χ2n) is 4.79. The molecule has 0 aliphatic heterocycles. The summed E-state index contributed by atoms with van der Waals surface area (Å²) in [6.07, 6.45) is -0.347. The zero-order valence-corrected chi connectivity index (χ0v) is 13.5. The second kappa shape index (κ2) is 9.23. The first-order valence-electron chi connectivity index (χ1n) is 7.26. The minimum atomic E-state index is -0.617. The largest absolute Gasteiger partial charge is 0.469 e. The number of carbonyl (C=O) groups excluding carboxylic acids is 3. The summed E-state index contributed by atoms with van der Waals surface area (Å²) >= 11 is 0. The molecule has 0 aliphatic rings. The number of hydrogen-bond donors (Lipinski definition) is 1. The van der Waals surface area contributed by atoms with Crippen molar-refractivity contribution in [1.29, 1.82) is 0 Å². The van der Waals surface area contributed by atoms with Crippen LogP contribution in [0.1, 0.15) is 23.7 Å². The van der Waals surface area contributed by atoms with Gasteiger partial charge in [0.2, 0.25) is 5.91 Å². The Morgan fingerprint density at radius 2 is 1.88 bits per heavy atom. The number of nitro benzene ring substituents is 1. The third-order valence-electron chi connectivity index (χ3n) is 3.27. The lowest BCUT2D eigenvalue weighted by Gasteiger charge is -2.20. The highest BCUT2D eigenvalue weighted by atomic mass is 16.6. The van der Waals surface area contributed by atoms with Crippen LogP contribution in [0.15, 0.2) is 24.3 Å². The fourth-order valence-electron chi connectivity index (χ4n) is 1.91. The third-order valence-corrected chi connectivity index (χ3v) is 3.27. The van der Waals surface area contributed by atoms with Crippen LogP contribution in [0.25, 0.3) is 0 Å². The van der Waals surface area contributed by atoms with Crippen LogP contribution in [0.3, 0.4) is 0 Å². The van der Waals surface area contributed by atoms with Gasteiger partial charge in [-0.2, -0.15) is 0 Å². The van der Waals surface area contributed by atoms with E-state index in [9.17, 15) is 24.5 Å². The number of rotatable bonds is 8. The van der Waals surface area contributed by atoms with E-state index < -0.39 is 16.8 Å². The molecule has 1 aromatic carbocycles. The van der Waals surface area contributed by atoms with Gasteiger partial charge in [-0.25, -0.2) is 0 Å². The van der Waals surface area contributed by atoms with E-state index in [0.29, 0.717) is 6.54 Å². The fraction of sp³-hybridized carbons (Fsp3) is 0.400. The number of non-ortho nitro benzene ring substituents is 1. The molecule has 130 valence electrons. The first kappa shape index (κ1) is 19.1. The van der Waals surface area contributed by atoms with Gasteiger partial charge in [0.15, 0.2) is 0 Å². The van der Waals surface area contributed by atoms with Crippen molar-refractivity contribution in [3.63, 3.8) is 0 Å². The van der Waals surface area contributed by atoms with Gasteiger partial charge in [-0.05, 0) is 19.1 Å². The van der Waals surface area contributed by atoms with Gasteiger partial charge in [0, 0.05) is 37.3 Å². The molecular weight excluding hydrogens is 318 g/mol. The molecule has 0 heterocycles. The number of carbonyl (C=O) groups is 3. The Hall–Kier alpha value is -2.97. The summed E-state index contributed by atoms with van der Waals surface area (Å²) in [7, 11) is 1.20. The van der Waals surface area contributed by atoms with Crippen LogP contribution in [-0.2, 0) is 14.3 Å². The van der Waals surface area contributed by atoms with Crippen LogP contribution in [0.5, 0.6) is 0 Å². The van der Waals surface area contributed by atoms with Crippen molar-refractivity contribution in [2.45, 2.75) is 13.3 Å². The molecule has 24 heavy (non-hydrogen) atoms. The maximum atomic E-state index is 11.9. The molecule has 0 aromatic heterocycles. The van der Waals surface area contributed by atoms with E-state index in [1.807, 2.05) is 0 Å². The summed E-state index contributed by atoms with van der Waals surface area (Å²) in [6.45, 7) is 2.58. The SMILES string of the molecule is CCN(CCNC(=O)c1ccc([N+](=O)[O-])cc1)C(=O)CC(=O)OC. The predicted octanol–water partition coefficient (Wildman–Crippen LogP) is 0.736. The Kier molecular flexibility index (Phi) is 7.34. The fourth-order valence-corrected chi connectivity index (χ4v) is 1.91. The van der Waals surface area contributed by atoms with Gasteiger partial charge < -0.3 is 15.0 Å². The molecule has 9 heteroatoms. The molecule has 0 fully saturated rings. The quantitative estimate of drug-likeness (QED) is 0.323. The maximum absolute atomic E-state index is 11.9. The summed E-state index contributed by atoms with van der Waals surface area (Å²) in [6, 6.07) is 5.20. The highest BCUT2D eigenvalue weighted by Gasteiger charge is 2.16. The van der Waals surface area contributed by atoms with E-state index in [4.69, 9.17) is 0 Å². The minimum Gasteiger partial charge on any atom is -0.469 e. The van der Waals surface area contributed by atoms with Gasteiger partial charge in [-0.15, -0.1) is 0 Å². The van der Waals surface area contributed by atoms with Crippen molar-refractivity contribution in [2.24, 2.45) is 0 Å². The van der Waals surface area contributed by atoms with Gasteiger partial charge in [-0.3, -0.25) is 24.5 Å². The van der Waals surface area contributed by atoms with E-state index in [2.05, 4.69) is 10.1 Å². The molecule has 0 unspecified atom stereocenters. The van der Waals surface area contributed by atoms with Crippen LogP contribution in [0.2, 0.25) is 0 Å². The van der Waals surface area contributed by atoms with Crippen molar-refractivity contribution >= 4 is 23.5 Å². The summed E-state index contributed by atoms with van der Waals surface area (Å²) < 4.78 is 4.44. The Morgan fingerprint density at radius 1 is 1.25 bits per heavy atom. The normalized spacial score (nSPS) is 9.92. The first-order valence-corrected chi connectivity index (χ1v) is 7.26. The van der Waals surface area contributed by atoms with Crippen molar-refractivity contribution in [3.8, 4) is 0 Å². The van der Waals surface area contributed by atoms with Crippen molar-refractivity contribution in [3.05, 3.63) is 39.9 Å².